The summed E-state index contributed by atoms with van der Waals surface area (Å²) in [4.78, 5) is 16.7. The lowest BCUT2D eigenvalue weighted by Gasteiger charge is -1.90. The van der Waals surface area contributed by atoms with Crippen LogP contribution in [0.1, 0.15) is 46.0 Å². The fraction of sp³-hybridized carbons (Fsp3) is 0.778. The van der Waals surface area contributed by atoms with E-state index < -0.39 is 0 Å². The smallest absolute Gasteiger partial charge is 0.290 e. The van der Waals surface area contributed by atoms with E-state index >= 15 is 0 Å². The third-order valence-corrected chi connectivity index (χ3v) is 1.21. The lowest BCUT2D eigenvalue weighted by atomic mass is 10.2. The molecule has 0 amide bonds. The molecule has 0 saturated heterocycles. The second-order valence-electron chi connectivity index (χ2n) is 2.27. The molecule has 2 N–H and O–H groups in total. The van der Waals surface area contributed by atoms with Gasteiger partial charge in [0.1, 0.15) is 0 Å². The summed E-state index contributed by atoms with van der Waals surface area (Å²) < 4.78 is 0. The van der Waals surface area contributed by atoms with Crippen LogP contribution in [0.4, 0.5) is 0 Å². The van der Waals surface area contributed by atoms with Gasteiger partial charge in [-0.25, -0.2) is 0 Å². The first-order chi connectivity index (χ1) is 6.24. The molecule has 13 heavy (non-hydrogen) atoms. The van der Waals surface area contributed by atoms with Gasteiger partial charge in [-0.2, -0.15) is 0 Å². The van der Waals surface area contributed by atoms with Crippen LogP contribution in [0.3, 0.4) is 0 Å². The van der Waals surface area contributed by atoms with Crippen molar-refractivity contribution in [2.45, 2.75) is 46.0 Å². The predicted octanol–water partition coefficient (Wildman–Crippen LogP) is 2.38. The fourth-order valence-electron chi connectivity index (χ4n) is 0.677. The normalized spacial score (nSPS) is 6.92. The van der Waals surface area contributed by atoms with E-state index in [-0.39, 0.29) is 12.9 Å². The second-order valence-corrected chi connectivity index (χ2v) is 2.27. The minimum Gasteiger partial charge on any atom is -0.483 e. The number of hydrogen-bond donors (Lipinski definition) is 2. The summed E-state index contributed by atoms with van der Waals surface area (Å²) in [6.07, 6.45) is 7.01. The van der Waals surface area contributed by atoms with E-state index in [9.17, 15) is 0 Å². The molecule has 80 valence electrons. The van der Waals surface area contributed by atoms with Crippen LogP contribution in [0.5, 0.6) is 0 Å². The molecule has 0 aliphatic carbocycles. The first-order valence-corrected chi connectivity index (χ1v) is 4.40. The van der Waals surface area contributed by atoms with Gasteiger partial charge >= 0.3 is 0 Å². The Bertz CT molecular complexity index is 73.7. The van der Waals surface area contributed by atoms with Crippen LogP contribution in [0, 0.1) is 0 Å². The van der Waals surface area contributed by atoms with Gasteiger partial charge in [0.15, 0.2) is 0 Å². The van der Waals surface area contributed by atoms with Gasteiger partial charge in [-0.15, -0.1) is 0 Å². The van der Waals surface area contributed by atoms with E-state index in [0.29, 0.717) is 0 Å². The van der Waals surface area contributed by atoms with Gasteiger partial charge in [-0.1, -0.05) is 46.0 Å². The van der Waals surface area contributed by atoms with Crippen LogP contribution in [0.15, 0.2) is 0 Å². The summed E-state index contributed by atoms with van der Waals surface area (Å²) in [5, 5.41) is 13.8. The lowest BCUT2D eigenvalue weighted by molar-refractivity contribution is -0.123. The van der Waals surface area contributed by atoms with Crippen molar-refractivity contribution >= 4 is 12.9 Å². The Hall–Kier alpha value is -1.06. The molecule has 0 aliphatic heterocycles. The molecule has 0 spiro atoms. The van der Waals surface area contributed by atoms with Crippen LogP contribution < -0.4 is 0 Å². The number of unbranched alkanes of at least 4 members (excludes halogenated alkanes) is 4. The van der Waals surface area contributed by atoms with Gasteiger partial charge < -0.3 is 10.2 Å². The van der Waals surface area contributed by atoms with Gasteiger partial charge in [0, 0.05) is 0 Å². The zero-order chi connectivity index (χ0) is 10.9. The van der Waals surface area contributed by atoms with Gasteiger partial charge in [-0.05, 0) is 0 Å². The Morgan fingerprint density at radius 3 is 1.23 bits per heavy atom. The average Bonchev–Trinajstić information content (AvgIpc) is 2.08. The average molecular weight is 192 g/mol. The summed E-state index contributed by atoms with van der Waals surface area (Å²) in [6.45, 7) is 3.99. The summed E-state index contributed by atoms with van der Waals surface area (Å²) in [5.41, 5.74) is 0. The maximum Gasteiger partial charge on any atom is 0.290 e. The van der Waals surface area contributed by atoms with Crippen molar-refractivity contribution in [1.29, 1.82) is 0 Å². The van der Waals surface area contributed by atoms with Crippen LogP contribution in [0.2, 0.25) is 0 Å². The van der Waals surface area contributed by atoms with Crippen molar-refractivity contribution in [2.75, 3.05) is 0 Å². The molecule has 0 aromatic rings. The van der Waals surface area contributed by atoms with Crippen molar-refractivity contribution < 1.29 is 19.8 Å². The second kappa shape index (κ2) is 30.6. The van der Waals surface area contributed by atoms with Crippen LogP contribution >= 0.6 is 0 Å². The molecule has 0 radical (unpaired) electrons. The van der Waals surface area contributed by atoms with E-state index in [2.05, 4.69) is 13.8 Å². The zero-order valence-corrected chi connectivity index (χ0v) is 8.40. The molecule has 0 bridgehead atoms. The molecule has 0 aromatic carbocycles. The van der Waals surface area contributed by atoms with Crippen molar-refractivity contribution in [3.05, 3.63) is 0 Å². The van der Waals surface area contributed by atoms with Gasteiger partial charge in [0.2, 0.25) is 0 Å². The summed E-state index contributed by atoms with van der Waals surface area (Å²) in [7, 11) is 0. The molecule has 0 heterocycles. The molecule has 0 unspecified atom stereocenters. The molecule has 0 aliphatic rings. The Kier molecular flexibility index (Phi) is 42.1. The number of rotatable bonds is 4. The minimum absolute atomic E-state index is 0.250. The highest BCUT2D eigenvalue weighted by atomic mass is 16.3. The summed E-state index contributed by atoms with van der Waals surface area (Å²) in [5.74, 6) is 0. The Morgan fingerprint density at radius 1 is 0.846 bits per heavy atom. The van der Waals surface area contributed by atoms with Crippen molar-refractivity contribution in [3.63, 3.8) is 0 Å². The third kappa shape index (κ3) is 101. The summed E-state index contributed by atoms with van der Waals surface area (Å²) in [6, 6.07) is 0. The highest BCUT2D eigenvalue weighted by Gasteiger charge is 1.80. The quantitative estimate of drug-likeness (QED) is 0.529. The summed E-state index contributed by atoms with van der Waals surface area (Å²) >= 11 is 0. The fourth-order valence-corrected chi connectivity index (χ4v) is 0.677. The number of carbonyl (C=O) groups is 2. The molecule has 0 rings (SSSR count). The van der Waals surface area contributed by atoms with Gasteiger partial charge in [0.25, 0.3) is 12.9 Å². The van der Waals surface area contributed by atoms with E-state index in [1.165, 1.54) is 32.1 Å². The van der Waals surface area contributed by atoms with Crippen molar-refractivity contribution in [1.82, 2.24) is 0 Å². The van der Waals surface area contributed by atoms with E-state index in [4.69, 9.17) is 19.8 Å². The number of hydrogen-bond acceptors (Lipinski definition) is 2. The maximum absolute atomic E-state index is 8.36. The molecule has 0 atom stereocenters. The molecule has 0 aromatic heterocycles. The first-order valence-electron chi connectivity index (χ1n) is 4.40. The Labute approximate surface area is 79.6 Å². The molecule has 0 saturated carbocycles. The Morgan fingerprint density at radius 2 is 1.08 bits per heavy atom. The van der Waals surface area contributed by atoms with Gasteiger partial charge in [-0.3, -0.25) is 9.59 Å². The van der Waals surface area contributed by atoms with Gasteiger partial charge in [0.05, 0.1) is 0 Å². The van der Waals surface area contributed by atoms with E-state index in [1.54, 1.807) is 0 Å². The molecule has 4 heteroatoms. The highest BCUT2D eigenvalue weighted by molar-refractivity contribution is 5.32. The maximum atomic E-state index is 8.36. The molecular formula is C9H20O4. The largest absolute Gasteiger partial charge is 0.483 e. The zero-order valence-electron chi connectivity index (χ0n) is 8.40. The standard InChI is InChI=1S/C7H16.2CH2O2/c1-3-5-7-6-4-2;2*2-1-3/h3-7H2,1-2H3;2*1H,(H,2,3). The molecular weight excluding hydrogens is 172 g/mol. The van der Waals surface area contributed by atoms with Crippen molar-refractivity contribution in [3.8, 4) is 0 Å². The highest BCUT2D eigenvalue weighted by Crippen LogP contribution is 2.00. The SMILES string of the molecule is CCCCCCC.O=CO.O=CO. The van der Waals surface area contributed by atoms with Crippen LogP contribution in [-0.4, -0.2) is 23.2 Å². The van der Waals surface area contributed by atoms with Crippen LogP contribution in [0.25, 0.3) is 0 Å². The van der Waals surface area contributed by atoms with E-state index in [1.807, 2.05) is 0 Å². The lowest BCUT2D eigenvalue weighted by Crippen LogP contribution is -1.70. The molecule has 0 fully saturated rings. The predicted molar refractivity (Wildman–Crippen MR) is 51.8 cm³/mol. The number of carboxylic acid groups (broad SMARTS) is 2. The van der Waals surface area contributed by atoms with Crippen molar-refractivity contribution in [2.24, 2.45) is 0 Å². The first kappa shape index (κ1) is 17.9. The monoisotopic (exact) mass is 192 g/mol. The van der Waals surface area contributed by atoms with E-state index in [0.717, 1.165) is 0 Å². The molecule has 4 nitrogen and oxygen atoms in total. The third-order valence-electron chi connectivity index (χ3n) is 1.21. The topological polar surface area (TPSA) is 74.6 Å². The van der Waals surface area contributed by atoms with Crippen LogP contribution in [-0.2, 0) is 9.59 Å². The Balaban J connectivity index is -0.000000140. The minimum atomic E-state index is -0.250.